The molecule has 0 radical (unpaired) electrons. The SMILES string of the molecule is COc1cccc2ncc(OCCN3CCC(NC(=O)c4ccc5c(c4)NC(=O)CS5)CC3)nc12. The lowest BCUT2D eigenvalue weighted by Gasteiger charge is -2.32. The van der Waals surface area contributed by atoms with Gasteiger partial charge in [-0.25, -0.2) is 9.97 Å². The molecule has 0 bridgehead atoms. The van der Waals surface area contributed by atoms with Gasteiger partial charge >= 0.3 is 0 Å². The maximum atomic E-state index is 12.7. The van der Waals surface area contributed by atoms with Crippen LogP contribution in [0.15, 0.2) is 47.5 Å². The Morgan fingerprint density at radius 3 is 2.94 bits per heavy atom. The van der Waals surface area contributed by atoms with E-state index in [0.29, 0.717) is 40.8 Å². The number of nitrogens with one attached hydrogen (secondary N) is 2. The Morgan fingerprint density at radius 2 is 2.11 bits per heavy atom. The van der Waals surface area contributed by atoms with Gasteiger partial charge in [0.05, 0.1) is 30.3 Å². The molecule has 2 aliphatic heterocycles. The van der Waals surface area contributed by atoms with E-state index in [9.17, 15) is 9.59 Å². The minimum atomic E-state index is -0.107. The highest BCUT2D eigenvalue weighted by Gasteiger charge is 2.22. The second-order valence-corrected chi connectivity index (χ2v) is 9.54. The highest BCUT2D eigenvalue weighted by atomic mass is 32.2. The number of hydrogen-bond acceptors (Lipinski definition) is 8. The monoisotopic (exact) mass is 493 g/mol. The highest BCUT2D eigenvalue weighted by Crippen LogP contribution is 2.32. The van der Waals surface area contributed by atoms with Gasteiger partial charge in [-0.3, -0.25) is 14.5 Å². The van der Waals surface area contributed by atoms with Crippen LogP contribution in [0.5, 0.6) is 11.6 Å². The zero-order chi connectivity index (χ0) is 24.2. The molecular weight excluding hydrogens is 466 g/mol. The molecule has 0 saturated carbocycles. The number of carbonyl (C=O) groups is 2. The molecular formula is C25H27N5O4S. The first kappa shape index (κ1) is 23.4. The Morgan fingerprint density at radius 1 is 1.26 bits per heavy atom. The van der Waals surface area contributed by atoms with Crippen molar-refractivity contribution in [3.63, 3.8) is 0 Å². The average Bonchev–Trinajstić information content (AvgIpc) is 2.88. The van der Waals surface area contributed by atoms with Crippen LogP contribution >= 0.6 is 11.8 Å². The summed E-state index contributed by atoms with van der Waals surface area (Å²) in [5.41, 5.74) is 2.72. The molecule has 35 heavy (non-hydrogen) atoms. The van der Waals surface area contributed by atoms with Gasteiger partial charge in [-0.1, -0.05) is 6.07 Å². The van der Waals surface area contributed by atoms with E-state index >= 15 is 0 Å². The minimum absolute atomic E-state index is 0.0382. The third-order valence-corrected chi connectivity index (χ3v) is 7.26. The lowest BCUT2D eigenvalue weighted by Crippen LogP contribution is -2.45. The van der Waals surface area contributed by atoms with E-state index < -0.39 is 0 Å². The summed E-state index contributed by atoms with van der Waals surface area (Å²) in [5, 5.41) is 5.97. The summed E-state index contributed by atoms with van der Waals surface area (Å²) in [6, 6.07) is 11.2. The molecule has 5 rings (SSSR count). The van der Waals surface area contributed by atoms with Crippen molar-refractivity contribution in [3.8, 4) is 11.6 Å². The molecule has 0 aliphatic carbocycles. The molecule has 0 unspecified atom stereocenters. The summed E-state index contributed by atoms with van der Waals surface area (Å²) in [5.74, 6) is 1.41. The van der Waals surface area contributed by atoms with Crippen LogP contribution in [0.25, 0.3) is 11.0 Å². The van der Waals surface area contributed by atoms with Gasteiger partial charge in [0.25, 0.3) is 5.91 Å². The average molecular weight is 494 g/mol. The number of methoxy groups -OCH3 is 1. The van der Waals surface area contributed by atoms with Crippen molar-refractivity contribution in [2.45, 2.75) is 23.8 Å². The summed E-state index contributed by atoms with van der Waals surface area (Å²) in [6.45, 7) is 3.03. The fourth-order valence-electron chi connectivity index (χ4n) is 4.30. The van der Waals surface area contributed by atoms with Crippen molar-refractivity contribution in [1.29, 1.82) is 0 Å². The predicted molar refractivity (Wildman–Crippen MR) is 134 cm³/mol. The van der Waals surface area contributed by atoms with Gasteiger partial charge in [0.15, 0.2) is 0 Å². The first-order chi connectivity index (χ1) is 17.1. The first-order valence-electron chi connectivity index (χ1n) is 11.6. The maximum absolute atomic E-state index is 12.7. The Hall–Kier alpha value is -3.37. The summed E-state index contributed by atoms with van der Waals surface area (Å²) in [4.78, 5) is 36.6. The number of benzene rings is 2. The quantitative estimate of drug-likeness (QED) is 0.518. The van der Waals surface area contributed by atoms with Gasteiger partial charge < -0.3 is 20.1 Å². The molecule has 3 aromatic rings. The van der Waals surface area contributed by atoms with E-state index in [-0.39, 0.29) is 17.9 Å². The predicted octanol–water partition coefficient (Wildman–Crippen LogP) is 2.96. The van der Waals surface area contributed by atoms with Gasteiger partial charge in [0, 0.05) is 36.1 Å². The van der Waals surface area contributed by atoms with Gasteiger partial charge in [-0.15, -0.1) is 11.8 Å². The van der Waals surface area contributed by atoms with E-state index in [2.05, 4.69) is 25.5 Å². The number of carbonyl (C=O) groups excluding carboxylic acids is 2. The largest absolute Gasteiger partial charge is 0.494 e. The van der Waals surface area contributed by atoms with Gasteiger partial charge in [0.1, 0.15) is 17.9 Å². The van der Waals surface area contributed by atoms with Crippen LogP contribution in [0.4, 0.5) is 5.69 Å². The molecule has 3 heterocycles. The number of fused-ring (bicyclic) bond motifs is 2. The number of anilines is 1. The number of ether oxygens (including phenoxy) is 2. The third-order valence-electron chi connectivity index (χ3n) is 6.19. The van der Waals surface area contributed by atoms with Crippen LogP contribution in [0, 0.1) is 0 Å². The van der Waals surface area contributed by atoms with Crippen LogP contribution in [-0.4, -0.2) is 71.8 Å². The number of aromatic nitrogens is 2. The van der Waals surface area contributed by atoms with Crippen LogP contribution in [0.3, 0.4) is 0 Å². The summed E-state index contributed by atoms with van der Waals surface area (Å²) in [7, 11) is 1.61. The lowest BCUT2D eigenvalue weighted by atomic mass is 10.0. The van der Waals surface area contributed by atoms with E-state index in [0.717, 1.165) is 42.9 Å². The van der Waals surface area contributed by atoms with Crippen molar-refractivity contribution < 1.29 is 19.1 Å². The van der Waals surface area contributed by atoms with Crippen LogP contribution in [0.2, 0.25) is 0 Å². The normalized spacial score (nSPS) is 16.4. The number of hydrogen-bond donors (Lipinski definition) is 2. The molecule has 2 aliphatic rings. The number of amides is 2. The minimum Gasteiger partial charge on any atom is -0.494 e. The summed E-state index contributed by atoms with van der Waals surface area (Å²) < 4.78 is 11.2. The van der Waals surface area contributed by atoms with Gasteiger partial charge in [-0.05, 0) is 43.2 Å². The molecule has 0 atom stereocenters. The van der Waals surface area contributed by atoms with E-state index in [1.165, 1.54) is 11.8 Å². The first-order valence-corrected chi connectivity index (χ1v) is 12.6. The molecule has 9 nitrogen and oxygen atoms in total. The Balaban J connectivity index is 1.08. The van der Waals surface area contributed by atoms with Gasteiger partial charge in [-0.2, -0.15) is 0 Å². The smallest absolute Gasteiger partial charge is 0.251 e. The number of para-hydroxylation sites is 1. The van der Waals surface area contributed by atoms with Crippen LogP contribution < -0.4 is 20.1 Å². The Kier molecular flexibility index (Phi) is 7.01. The number of piperidine rings is 1. The Labute approximate surface area is 207 Å². The second kappa shape index (κ2) is 10.5. The Bertz CT molecular complexity index is 1250. The lowest BCUT2D eigenvalue weighted by molar-refractivity contribution is -0.113. The van der Waals surface area contributed by atoms with Gasteiger partial charge in [0.2, 0.25) is 11.8 Å². The molecule has 1 aromatic heterocycles. The van der Waals surface area contributed by atoms with Crippen molar-refractivity contribution in [1.82, 2.24) is 20.2 Å². The van der Waals surface area contributed by atoms with Crippen molar-refractivity contribution in [3.05, 3.63) is 48.2 Å². The van der Waals surface area contributed by atoms with E-state index in [4.69, 9.17) is 9.47 Å². The zero-order valence-corrected chi connectivity index (χ0v) is 20.3. The zero-order valence-electron chi connectivity index (χ0n) is 19.5. The maximum Gasteiger partial charge on any atom is 0.251 e. The van der Waals surface area contributed by atoms with Crippen molar-refractivity contribution in [2.24, 2.45) is 0 Å². The van der Waals surface area contributed by atoms with E-state index in [1.807, 2.05) is 30.3 Å². The topological polar surface area (TPSA) is 106 Å². The molecule has 10 heteroatoms. The molecule has 0 spiro atoms. The second-order valence-electron chi connectivity index (χ2n) is 8.52. The molecule has 1 saturated heterocycles. The fourth-order valence-corrected chi connectivity index (χ4v) is 5.09. The number of thioether (sulfide) groups is 1. The number of nitrogens with zero attached hydrogens (tertiary/aromatic N) is 3. The molecule has 2 aromatic carbocycles. The molecule has 182 valence electrons. The van der Waals surface area contributed by atoms with Crippen LogP contribution in [0.1, 0.15) is 23.2 Å². The molecule has 1 fully saturated rings. The van der Waals surface area contributed by atoms with E-state index in [1.54, 1.807) is 19.4 Å². The number of likely N-dealkylation sites (tertiary alicyclic amines) is 1. The third kappa shape index (κ3) is 5.49. The fraction of sp³-hybridized carbons (Fsp3) is 0.360. The standard InChI is InChI=1S/C25H27N5O4S/c1-33-20-4-2-3-18-24(20)29-23(14-26-18)34-12-11-30-9-7-17(8-10-30)27-25(32)16-5-6-21-19(13-16)28-22(31)15-35-21/h2-6,13-14,17H,7-12,15H2,1H3,(H,27,32)(H,28,31). The highest BCUT2D eigenvalue weighted by molar-refractivity contribution is 8.00. The molecule has 2 amide bonds. The van der Waals surface area contributed by atoms with Crippen molar-refractivity contribution in [2.75, 3.05) is 44.4 Å². The van der Waals surface area contributed by atoms with Crippen LogP contribution in [-0.2, 0) is 4.79 Å². The number of rotatable bonds is 7. The molecule has 2 N–H and O–H groups in total. The summed E-state index contributed by atoms with van der Waals surface area (Å²) in [6.07, 6.45) is 3.38. The summed E-state index contributed by atoms with van der Waals surface area (Å²) >= 11 is 1.49. The van der Waals surface area contributed by atoms with Crippen molar-refractivity contribution >= 4 is 40.3 Å².